The van der Waals surface area contributed by atoms with E-state index in [2.05, 4.69) is 10.2 Å². The molecular formula is C16H12FN3O3S. The lowest BCUT2D eigenvalue weighted by atomic mass is 10.2. The Balaban J connectivity index is 1.77. The van der Waals surface area contributed by atoms with E-state index in [4.69, 9.17) is 4.42 Å². The van der Waals surface area contributed by atoms with Crippen LogP contribution in [0.2, 0.25) is 0 Å². The van der Waals surface area contributed by atoms with Crippen LogP contribution in [0.5, 0.6) is 0 Å². The molecule has 2 aromatic carbocycles. The number of aromatic nitrogens is 2. The molecule has 24 heavy (non-hydrogen) atoms. The van der Waals surface area contributed by atoms with Crippen molar-refractivity contribution in [3.63, 3.8) is 0 Å². The van der Waals surface area contributed by atoms with Crippen LogP contribution in [0.4, 0.5) is 10.1 Å². The number of benzene rings is 2. The maximum absolute atomic E-state index is 13.7. The Kier molecular flexibility index (Phi) is 4.57. The second kappa shape index (κ2) is 6.79. The van der Waals surface area contributed by atoms with Crippen LogP contribution in [0.3, 0.4) is 0 Å². The molecule has 0 bridgehead atoms. The number of halogens is 1. The molecule has 0 saturated carbocycles. The molecule has 1 atom stereocenters. The van der Waals surface area contributed by atoms with Gasteiger partial charge in [0.1, 0.15) is 5.82 Å². The van der Waals surface area contributed by atoms with Gasteiger partial charge in [-0.05, 0) is 31.2 Å². The highest BCUT2D eigenvalue weighted by Gasteiger charge is 2.18. The molecule has 3 aromatic rings. The van der Waals surface area contributed by atoms with E-state index in [9.17, 15) is 14.5 Å². The van der Waals surface area contributed by atoms with Gasteiger partial charge in [-0.2, -0.15) is 0 Å². The zero-order valence-corrected chi connectivity index (χ0v) is 13.4. The van der Waals surface area contributed by atoms with Crippen molar-refractivity contribution in [3.05, 3.63) is 70.4 Å². The van der Waals surface area contributed by atoms with Crippen LogP contribution in [0, 0.1) is 15.9 Å². The highest BCUT2D eigenvalue weighted by Crippen LogP contribution is 2.36. The maximum atomic E-state index is 13.7. The lowest BCUT2D eigenvalue weighted by Crippen LogP contribution is -1.90. The van der Waals surface area contributed by atoms with E-state index in [0.717, 1.165) is 0 Å². The zero-order valence-electron chi connectivity index (χ0n) is 12.5. The van der Waals surface area contributed by atoms with E-state index in [1.807, 2.05) is 6.92 Å². The van der Waals surface area contributed by atoms with Gasteiger partial charge in [0.25, 0.3) is 5.69 Å². The second-order valence-electron chi connectivity index (χ2n) is 4.94. The lowest BCUT2D eigenvalue weighted by Gasteiger charge is -2.07. The largest absolute Gasteiger partial charge is 0.419 e. The molecule has 1 unspecified atom stereocenters. The first-order valence-corrected chi connectivity index (χ1v) is 7.92. The van der Waals surface area contributed by atoms with Gasteiger partial charge < -0.3 is 4.42 Å². The monoisotopic (exact) mass is 345 g/mol. The Labute approximate surface area is 140 Å². The number of nitrogens with zero attached hydrogens (tertiary/aromatic N) is 3. The summed E-state index contributed by atoms with van der Waals surface area (Å²) in [5.41, 5.74) is 0.574. The molecule has 0 aliphatic heterocycles. The minimum Gasteiger partial charge on any atom is -0.419 e. The van der Waals surface area contributed by atoms with Gasteiger partial charge >= 0.3 is 0 Å². The highest BCUT2D eigenvalue weighted by atomic mass is 32.2. The van der Waals surface area contributed by atoms with Gasteiger partial charge in [-0.25, -0.2) is 4.39 Å². The van der Waals surface area contributed by atoms with Gasteiger partial charge in [0.2, 0.25) is 11.8 Å². The molecule has 0 aliphatic carbocycles. The number of nitro groups is 1. The first-order valence-electron chi connectivity index (χ1n) is 7.04. The van der Waals surface area contributed by atoms with Crippen LogP contribution in [-0.2, 0) is 0 Å². The topological polar surface area (TPSA) is 82.1 Å². The summed E-state index contributed by atoms with van der Waals surface area (Å²) in [6.45, 7) is 1.84. The first-order chi connectivity index (χ1) is 11.5. The van der Waals surface area contributed by atoms with Gasteiger partial charge in [-0.15, -0.1) is 22.0 Å². The molecule has 0 aliphatic rings. The third kappa shape index (κ3) is 3.43. The fourth-order valence-corrected chi connectivity index (χ4v) is 2.94. The van der Waals surface area contributed by atoms with Crippen molar-refractivity contribution in [2.24, 2.45) is 0 Å². The fraction of sp³-hybridized carbons (Fsp3) is 0.125. The third-order valence-electron chi connectivity index (χ3n) is 3.25. The molecule has 122 valence electrons. The number of hydrogen-bond donors (Lipinski definition) is 0. The molecule has 0 amide bonds. The molecule has 8 heteroatoms. The summed E-state index contributed by atoms with van der Waals surface area (Å²) in [4.78, 5) is 10.7. The van der Waals surface area contributed by atoms with Crippen molar-refractivity contribution >= 4 is 17.4 Å². The van der Waals surface area contributed by atoms with Gasteiger partial charge in [-0.3, -0.25) is 10.1 Å². The Morgan fingerprint density at radius 1 is 1.17 bits per heavy atom. The summed E-state index contributed by atoms with van der Waals surface area (Å²) in [6.07, 6.45) is 0. The van der Waals surface area contributed by atoms with Crippen molar-refractivity contribution in [1.82, 2.24) is 10.2 Å². The number of nitro benzene ring substituents is 1. The van der Waals surface area contributed by atoms with E-state index >= 15 is 0 Å². The number of non-ortho nitro benzene ring substituents is 1. The van der Waals surface area contributed by atoms with Crippen LogP contribution < -0.4 is 0 Å². The third-order valence-corrected chi connectivity index (χ3v) is 4.39. The van der Waals surface area contributed by atoms with Crippen LogP contribution in [-0.4, -0.2) is 15.1 Å². The molecule has 1 aromatic heterocycles. The van der Waals surface area contributed by atoms with E-state index < -0.39 is 4.92 Å². The number of thioether (sulfide) groups is 1. The quantitative estimate of drug-likeness (QED) is 0.381. The molecule has 0 radical (unpaired) electrons. The summed E-state index contributed by atoms with van der Waals surface area (Å²) in [5.74, 6) is 0.321. The van der Waals surface area contributed by atoms with Crippen molar-refractivity contribution in [2.75, 3.05) is 0 Å². The van der Waals surface area contributed by atoms with E-state index in [-0.39, 0.29) is 22.6 Å². The first kappa shape index (κ1) is 16.1. The van der Waals surface area contributed by atoms with Crippen molar-refractivity contribution in [2.45, 2.75) is 17.1 Å². The van der Waals surface area contributed by atoms with Gasteiger partial charge in [0.15, 0.2) is 0 Å². The predicted octanol–water partition coefficient (Wildman–Crippen LogP) is 4.64. The van der Waals surface area contributed by atoms with Gasteiger partial charge in [0.05, 0.1) is 10.2 Å². The second-order valence-corrected chi connectivity index (χ2v) is 6.32. The Morgan fingerprint density at radius 3 is 2.54 bits per heavy atom. The van der Waals surface area contributed by atoms with Crippen molar-refractivity contribution in [1.29, 1.82) is 0 Å². The molecule has 6 nitrogen and oxygen atoms in total. The Morgan fingerprint density at radius 2 is 1.88 bits per heavy atom. The molecule has 1 heterocycles. The minimum absolute atomic E-state index is 0.0121. The molecule has 0 spiro atoms. The summed E-state index contributed by atoms with van der Waals surface area (Å²) in [7, 11) is 0. The van der Waals surface area contributed by atoms with Crippen molar-refractivity contribution in [3.8, 4) is 11.5 Å². The molecule has 3 rings (SSSR count). The minimum atomic E-state index is -0.476. The maximum Gasteiger partial charge on any atom is 0.269 e. The standard InChI is InChI=1S/C16H12FN3O3S/c1-10(24-14-5-3-2-4-13(14)17)15-18-19-16(23-15)11-6-8-12(9-7-11)20(21)22/h2-10H,1H3. The van der Waals surface area contributed by atoms with E-state index in [1.165, 1.54) is 30.0 Å². The average molecular weight is 345 g/mol. The summed E-state index contributed by atoms with van der Waals surface area (Å²) < 4.78 is 19.3. The lowest BCUT2D eigenvalue weighted by molar-refractivity contribution is -0.384. The van der Waals surface area contributed by atoms with E-state index in [0.29, 0.717) is 16.3 Å². The smallest absolute Gasteiger partial charge is 0.269 e. The van der Waals surface area contributed by atoms with Crippen molar-refractivity contribution < 1.29 is 13.7 Å². The number of rotatable bonds is 5. The van der Waals surface area contributed by atoms with E-state index in [1.54, 1.807) is 30.3 Å². The summed E-state index contributed by atoms with van der Waals surface area (Å²) in [5, 5.41) is 18.4. The Hall–Kier alpha value is -2.74. The number of hydrogen-bond acceptors (Lipinski definition) is 6. The normalized spacial score (nSPS) is 12.1. The van der Waals surface area contributed by atoms with Crippen LogP contribution >= 0.6 is 11.8 Å². The molecular weight excluding hydrogens is 333 g/mol. The zero-order chi connectivity index (χ0) is 17.1. The van der Waals surface area contributed by atoms with Gasteiger partial charge in [-0.1, -0.05) is 12.1 Å². The average Bonchev–Trinajstić information content (AvgIpc) is 3.07. The highest BCUT2D eigenvalue weighted by molar-refractivity contribution is 7.99. The molecule has 0 fully saturated rings. The summed E-state index contributed by atoms with van der Waals surface area (Å²) >= 11 is 1.28. The van der Waals surface area contributed by atoms with Crippen LogP contribution in [0.25, 0.3) is 11.5 Å². The fourth-order valence-electron chi connectivity index (χ4n) is 2.02. The van der Waals surface area contributed by atoms with Gasteiger partial charge in [0, 0.05) is 22.6 Å². The molecule has 0 saturated heterocycles. The van der Waals surface area contributed by atoms with Crippen LogP contribution in [0.1, 0.15) is 18.1 Å². The Bertz CT molecular complexity index is 867. The molecule has 0 N–H and O–H groups in total. The SMILES string of the molecule is CC(Sc1ccccc1F)c1nnc(-c2ccc([N+](=O)[O-])cc2)o1. The predicted molar refractivity (Wildman–Crippen MR) is 87.1 cm³/mol. The van der Waals surface area contributed by atoms with Crippen LogP contribution in [0.15, 0.2) is 57.8 Å². The summed E-state index contributed by atoms with van der Waals surface area (Å²) in [6, 6.07) is 12.3.